The lowest BCUT2D eigenvalue weighted by molar-refractivity contribution is -0.141. The number of para-hydroxylation sites is 1. The molecule has 1 aliphatic heterocycles. The van der Waals surface area contributed by atoms with E-state index in [-0.39, 0.29) is 31.0 Å². The van der Waals surface area contributed by atoms with Crippen molar-refractivity contribution in [2.75, 3.05) is 26.8 Å². The summed E-state index contributed by atoms with van der Waals surface area (Å²) in [5, 5.41) is 11.4. The minimum atomic E-state index is -0.950. The van der Waals surface area contributed by atoms with Gasteiger partial charge in [0.2, 0.25) is 11.8 Å². The average molecular weight is 556 g/mol. The van der Waals surface area contributed by atoms with Gasteiger partial charge in [-0.2, -0.15) is 0 Å². The Bertz CT molecular complexity index is 1480. The molecule has 1 N–H and O–H groups in total. The fraction of sp³-hybridized carbons (Fsp3) is 0.323. The third-order valence-corrected chi connectivity index (χ3v) is 7.25. The Hall–Kier alpha value is -4.57. The highest BCUT2D eigenvalue weighted by Gasteiger charge is 2.32. The lowest BCUT2D eigenvalue weighted by Crippen LogP contribution is -2.47. The van der Waals surface area contributed by atoms with Crippen LogP contribution in [-0.4, -0.2) is 70.6 Å². The highest BCUT2D eigenvalue weighted by atomic mass is 16.5. The van der Waals surface area contributed by atoms with E-state index in [2.05, 4.69) is 15.6 Å². The number of methoxy groups -OCH3 is 1. The maximum atomic E-state index is 14.0. The van der Waals surface area contributed by atoms with Crippen LogP contribution >= 0.6 is 0 Å². The third kappa shape index (κ3) is 6.78. The molecule has 3 aromatic carbocycles. The van der Waals surface area contributed by atoms with Gasteiger partial charge in [-0.3, -0.25) is 9.59 Å². The van der Waals surface area contributed by atoms with E-state index < -0.39 is 12.0 Å². The van der Waals surface area contributed by atoms with Crippen LogP contribution in [0.4, 0.5) is 0 Å². The summed E-state index contributed by atoms with van der Waals surface area (Å²) in [6.45, 7) is 1.22. The van der Waals surface area contributed by atoms with E-state index in [1.807, 2.05) is 54.6 Å². The van der Waals surface area contributed by atoms with Crippen molar-refractivity contribution in [1.82, 2.24) is 25.2 Å². The number of carbonyl (C=O) groups is 3. The number of fused-ring (bicyclic) bond motifs is 1. The summed E-state index contributed by atoms with van der Waals surface area (Å²) in [5.74, 6) is -1.09. The topological polar surface area (TPSA) is 116 Å². The lowest BCUT2D eigenvalue weighted by Gasteiger charge is -2.32. The normalized spacial score (nSPS) is 15.4. The van der Waals surface area contributed by atoms with Crippen molar-refractivity contribution in [1.29, 1.82) is 0 Å². The van der Waals surface area contributed by atoms with Crippen molar-refractivity contribution < 1.29 is 23.9 Å². The van der Waals surface area contributed by atoms with Crippen molar-refractivity contribution in [2.24, 2.45) is 0 Å². The summed E-state index contributed by atoms with van der Waals surface area (Å²) in [5.41, 5.74) is 3.38. The number of esters is 1. The van der Waals surface area contributed by atoms with Gasteiger partial charge in [-0.1, -0.05) is 59.8 Å². The second kappa shape index (κ2) is 13.2. The van der Waals surface area contributed by atoms with Gasteiger partial charge in [-0.15, -0.1) is 5.10 Å². The second-order valence-electron chi connectivity index (χ2n) is 9.95. The van der Waals surface area contributed by atoms with Gasteiger partial charge in [0.05, 0.1) is 24.3 Å². The minimum Gasteiger partial charge on any atom is -0.465 e. The number of nitrogens with one attached hydrogen (secondary N) is 1. The van der Waals surface area contributed by atoms with Crippen LogP contribution in [0.15, 0.2) is 78.9 Å². The van der Waals surface area contributed by atoms with Crippen molar-refractivity contribution in [2.45, 2.75) is 38.0 Å². The molecular formula is C31H33N5O5. The molecule has 4 aromatic rings. The molecule has 1 fully saturated rings. The number of hydrogen-bond donors (Lipinski definition) is 1. The molecule has 1 aliphatic rings. The first-order chi connectivity index (χ1) is 20.0. The molecule has 2 heterocycles. The summed E-state index contributed by atoms with van der Waals surface area (Å²) in [6.07, 6.45) is 2.30. The summed E-state index contributed by atoms with van der Waals surface area (Å²) in [6, 6.07) is 22.9. The first-order valence-electron chi connectivity index (χ1n) is 13.7. The molecule has 0 saturated carbocycles. The van der Waals surface area contributed by atoms with E-state index in [0.29, 0.717) is 36.2 Å². The number of amides is 2. The van der Waals surface area contributed by atoms with Crippen LogP contribution in [-0.2, 0) is 32.0 Å². The van der Waals surface area contributed by atoms with Gasteiger partial charge in [0, 0.05) is 19.7 Å². The fourth-order valence-electron chi connectivity index (χ4n) is 5.05. The Morgan fingerprint density at radius 3 is 2.54 bits per heavy atom. The number of carbonyl (C=O) groups excluding carboxylic acids is 3. The zero-order chi connectivity index (χ0) is 28.6. The SMILES string of the molecule is COC(=O)c1ccc([C@H](C(=O)NC[C@@H]2CCCO2)N(CCc2ccccc2)C(=O)Cn2nnc3ccccc32)cc1. The molecule has 0 unspecified atom stereocenters. The minimum absolute atomic E-state index is 0.0590. The molecule has 0 radical (unpaired) electrons. The van der Waals surface area contributed by atoms with Gasteiger partial charge >= 0.3 is 5.97 Å². The molecule has 0 aliphatic carbocycles. The van der Waals surface area contributed by atoms with Crippen LogP contribution in [0.3, 0.4) is 0 Å². The van der Waals surface area contributed by atoms with Crippen molar-refractivity contribution >= 4 is 28.8 Å². The van der Waals surface area contributed by atoms with E-state index >= 15 is 0 Å². The van der Waals surface area contributed by atoms with Crippen LogP contribution in [0.25, 0.3) is 11.0 Å². The van der Waals surface area contributed by atoms with E-state index in [4.69, 9.17) is 9.47 Å². The van der Waals surface area contributed by atoms with Crippen molar-refractivity contribution in [3.05, 3.63) is 95.6 Å². The highest BCUT2D eigenvalue weighted by molar-refractivity contribution is 5.91. The van der Waals surface area contributed by atoms with Gasteiger partial charge in [-0.05, 0) is 54.7 Å². The largest absolute Gasteiger partial charge is 0.465 e. The number of nitrogens with zero attached hydrogens (tertiary/aromatic N) is 4. The molecule has 0 bridgehead atoms. The molecule has 41 heavy (non-hydrogen) atoms. The molecular weight excluding hydrogens is 522 g/mol. The molecule has 10 heteroatoms. The van der Waals surface area contributed by atoms with Gasteiger partial charge in [0.1, 0.15) is 18.1 Å². The van der Waals surface area contributed by atoms with Crippen molar-refractivity contribution in [3.8, 4) is 0 Å². The quantitative estimate of drug-likeness (QED) is 0.282. The van der Waals surface area contributed by atoms with E-state index in [9.17, 15) is 14.4 Å². The molecule has 5 rings (SSSR count). The fourth-order valence-corrected chi connectivity index (χ4v) is 5.05. The number of rotatable bonds is 11. The molecule has 0 spiro atoms. The first-order valence-corrected chi connectivity index (χ1v) is 13.7. The number of hydrogen-bond acceptors (Lipinski definition) is 7. The Balaban J connectivity index is 1.47. The van der Waals surface area contributed by atoms with Gasteiger partial charge < -0.3 is 19.7 Å². The number of benzene rings is 3. The summed E-state index contributed by atoms with van der Waals surface area (Å²) in [7, 11) is 1.31. The summed E-state index contributed by atoms with van der Waals surface area (Å²) < 4.78 is 12.1. The van der Waals surface area contributed by atoms with E-state index in [1.54, 1.807) is 33.8 Å². The van der Waals surface area contributed by atoms with Crippen molar-refractivity contribution in [3.63, 3.8) is 0 Å². The van der Waals surface area contributed by atoms with Crippen LogP contribution < -0.4 is 5.32 Å². The first kappa shape index (κ1) is 28.0. The van der Waals surface area contributed by atoms with E-state index in [0.717, 1.165) is 23.9 Å². The monoisotopic (exact) mass is 555 g/mol. The van der Waals surface area contributed by atoms with Crippen LogP contribution in [0.5, 0.6) is 0 Å². The molecule has 1 aromatic heterocycles. The van der Waals surface area contributed by atoms with Crippen LogP contribution in [0, 0.1) is 0 Å². The van der Waals surface area contributed by atoms with E-state index in [1.165, 1.54) is 7.11 Å². The molecule has 212 valence electrons. The smallest absolute Gasteiger partial charge is 0.337 e. The number of aromatic nitrogens is 3. The van der Waals surface area contributed by atoms with Gasteiger partial charge in [0.15, 0.2) is 0 Å². The molecule has 2 amide bonds. The average Bonchev–Trinajstić information content (AvgIpc) is 3.69. The zero-order valence-corrected chi connectivity index (χ0v) is 22.9. The Morgan fingerprint density at radius 2 is 1.80 bits per heavy atom. The zero-order valence-electron chi connectivity index (χ0n) is 22.9. The molecule has 1 saturated heterocycles. The summed E-state index contributed by atoms with van der Waals surface area (Å²) >= 11 is 0. The lowest BCUT2D eigenvalue weighted by atomic mass is 10.0. The predicted molar refractivity (Wildman–Crippen MR) is 152 cm³/mol. The number of ether oxygens (including phenoxy) is 2. The van der Waals surface area contributed by atoms with Gasteiger partial charge in [-0.25, -0.2) is 9.48 Å². The van der Waals surface area contributed by atoms with Crippen LogP contribution in [0.2, 0.25) is 0 Å². The molecule has 2 atom stereocenters. The molecule has 10 nitrogen and oxygen atoms in total. The maximum absolute atomic E-state index is 14.0. The maximum Gasteiger partial charge on any atom is 0.337 e. The Kier molecular flexibility index (Phi) is 9.00. The second-order valence-corrected chi connectivity index (χ2v) is 9.95. The summed E-state index contributed by atoms with van der Waals surface area (Å²) in [4.78, 5) is 41.5. The Morgan fingerprint density at radius 1 is 1.05 bits per heavy atom. The van der Waals surface area contributed by atoms with Gasteiger partial charge in [0.25, 0.3) is 0 Å². The Labute approximate surface area is 238 Å². The standard InChI is InChI=1S/C31H33N5O5/c1-40-31(39)24-15-13-23(14-16-24)29(30(38)32-20-25-10-7-19-41-25)35(18-17-22-8-3-2-4-9-22)28(37)21-36-27-12-6-5-11-26(27)33-34-36/h2-6,8-9,11-16,25,29H,7,10,17-21H2,1H3,(H,32,38)/t25-,29+/m0/s1. The predicted octanol–water partition coefficient (Wildman–Crippen LogP) is 3.33. The highest BCUT2D eigenvalue weighted by Crippen LogP contribution is 2.25. The van der Waals surface area contributed by atoms with Crippen LogP contribution in [0.1, 0.15) is 40.4 Å². The third-order valence-electron chi connectivity index (χ3n) is 7.25.